The van der Waals surface area contributed by atoms with Gasteiger partial charge in [0.2, 0.25) is 5.91 Å². The fraction of sp³-hybridized carbons (Fsp3) is 0.867. The lowest BCUT2D eigenvalue weighted by Crippen LogP contribution is -2.44. The van der Waals surface area contributed by atoms with Crippen molar-refractivity contribution in [2.45, 2.75) is 38.4 Å². The maximum atomic E-state index is 12.2. The summed E-state index contributed by atoms with van der Waals surface area (Å²) in [6.45, 7) is 7.43. The van der Waals surface area contributed by atoms with E-state index in [1.165, 1.54) is 18.6 Å². The van der Waals surface area contributed by atoms with Crippen molar-refractivity contribution in [3.8, 4) is 0 Å². The van der Waals surface area contributed by atoms with Gasteiger partial charge in [-0.1, -0.05) is 13.8 Å². The Balaban J connectivity index is 1.76. The molecule has 0 radical (unpaired) electrons. The van der Waals surface area contributed by atoms with Crippen molar-refractivity contribution in [3.05, 3.63) is 0 Å². The van der Waals surface area contributed by atoms with Crippen LogP contribution >= 0.6 is 11.8 Å². The number of nitrogens with zero attached hydrogens (tertiary/aromatic N) is 2. The maximum Gasteiger partial charge on any atom is 0.317 e. The average molecular weight is 313 g/mol. The molecule has 0 aromatic rings. The van der Waals surface area contributed by atoms with Crippen molar-refractivity contribution in [1.29, 1.82) is 0 Å². The highest BCUT2D eigenvalue weighted by Gasteiger charge is 2.24. The minimum atomic E-state index is 0.0290. The molecule has 21 heavy (non-hydrogen) atoms. The number of hydrogen-bond acceptors (Lipinski definition) is 3. The van der Waals surface area contributed by atoms with Crippen molar-refractivity contribution >= 4 is 23.7 Å². The van der Waals surface area contributed by atoms with Gasteiger partial charge < -0.3 is 15.1 Å². The van der Waals surface area contributed by atoms with Crippen LogP contribution in [0.2, 0.25) is 0 Å². The third-order valence-corrected chi connectivity index (χ3v) is 5.49. The van der Waals surface area contributed by atoms with Crippen molar-refractivity contribution in [2.24, 2.45) is 5.92 Å². The Morgan fingerprint density at radius 3 is 2.52 bits per heavy atom. The number of hydrogen-bond donors (Lipinski definition) is 1. The number of thioether (sulfide) groups is 1. The number of carbonyl (C=O) groups excluding carboxylic acids is 2. The van der Waals surface area contributed by atoms with E-state index in [1.54, 1.807) is 0 Å². The van der Waals surface area contributed by atoms with Crippen LogP contribution < -0.4 is 5.32 Å². The van der Waals surface area contributed by atoms with E-state index in [-0.39, 0.29) is 17.9 Å². The third kappa shape index (κ3) is 4.80. The fourth-order valence-corrected chi connectivity index (χ4v) is 4.03. The van der Waals surface area contributed by atoms with Gasteiger partial charge in [-0.15, -0.1) is 0 Å². The molecule has 5 nitrogen and oxygen atoms in total. The zero-order valence-electron chi connectivity index (χ0n) is 13.1. The number of carbonyl (C=O) groups is 2. The molecule has 1 atom stereocenters. The molecular weight excluding hydrogens is 286 g/mol. The topological polar surface area (TPSA) is 52.7 Å². The molecule has 0 unspecified atom stereocenters. The first kappa shape index (κ1) is 16.5. The average Bonchev–Trinajstić information content (AvgIpc) is 2.86. The van der Waals surface area contributed by atoms with Gasteiger partial charge in [0.1, 0.15) is 0 Å². The normalized spacial score (nSPS) is 23.3. The molecule has 2 rings (SSSR count). The zero-order chi connectivity index (χ0) is 15.2. The fourth-order valence-electron chi connectivity index (χ4n) is 2.82. The molecule has 2 fully saturated rings. The zero-order valence-corrected chi connectivity index (χ0v) is 14.0. The van der Waals surface area contributed by atoms with Crippen LogP contribution in [0, 0.1) is 5.92 Å². The van der Waals surface area contributed by atoms with Gasteiger partial charge in [-0.3, -0.25) is 4.79 Å². The van der Waals surface area contributed by atoms with Crippen LogP contribution in [0.3, 0.4) is 0 Å². The van der Waals surface area contributed by atoms with E-state index < -0.39 is 0 Å². The monoisotopic (exact) mass is 313 g/mol. The minimum Gasteiger partial charge on any atom is -0.341 e. The highest BCUT2D eigenvalue weighted by Crippen LogP contribution is 2.25. The van der Waals surface area contributed by atoms with E-state index in [9.17, 15) is 9.59 Å². The summed E-state index contributed by atoms with van der Waals surface area (Å²) in [7, 11) is 0. The van der Waals surface area contributed by atoms with Crippen LogP contribution in [-0.4, -0.2) is 65.5 Å². The van der Waals surface area contributed by atoms with Gasteiger partial charge in [-0.25, -0.2) is 4.79 Å². The van der Waals surface area contributed by atoms with Crippen molar-refractivity contribution < 1.29 is 9.59 Å². The summed E-state index contributed by atoms with van der Waals surface area (Å²) in [5.41, 5.74) is 0. The van der Waals surface area contributed by atoms with Crippen molar-refractivity contribution in [3.63, 3.8) is 0 Å². The lowest BCUT2D eigenvalue weighted by Gasteiger charge is -2.24. The predicted octanol–water partition coefficient (Wildman–Crippen LogP) is 1.78. The van der Waals surface area contributed by atoms with E-state index in [2.05, 4.69) is 5.32 Å². The van der Waals surface area contributed by atoms with Gasteiger partial charge in [0.15, 0.2) is 0 Å². The van der Waals surface area contributed by atoms with Gasteiger partial charge in [-0.2, -0.15) is 11.8 Å². The number of urea groups is 1. The molecule has 0 aliphatic carbocycles. The number of amides is 3. The molecule has 6 heteroatoms. The smallest absolute Gasteiger partial charge is 0.317 e. The van der Waals surface area contributed by atoms with E-state index in [1.807, 2.05) is 35.4 Å². The van der Waals surface area contributed by atoms with Crippen LogP contribution in [0.25, 0.3) is 0 Å². The molecule has 0 aromatic carbocycles. The van der Waals surface area contributed by atoms with Crippen LogP contribution in [0.15, 0.2) is 0 Å². The Hall–Kier alpha value is -0.910. The van der Waals surface area contributed by atoms with Gasteiger partial charge >= 0.3 is 6.03 Å². The number of rotatable bonds is 3. The molecule has 2 aliphatic rings. The molecule has 120 valence electrons. The molecule has 2 heterocycles. The number of nitrogens with one attached hydrogen (secondary N) is 1. The summed E-state index contributed by atoms with van der Waals surface area (Å²) in [6, 6.07) is 0.0290. The Kier molecular flexibility index (Phi) is 6.21. The van der Waals surface area contributed by atoms with E-state index in [0.717, 1.165) is 26.1 Å². The van der Waals surface area contributed by atoms with Crippen LogP contribution in [0.4, 0.5) is 4.79 Å². The standard InChI is InChI=1S/C15H27N3O2S/c1-12(2)14(19)17-6-4-7-18(9-8-17)15(20)16-11-13-5-3-10-21-13/h12-13H,3-11H2,1-2H3,(H,16,20)/t13-/m0/s1. The third-order valence-electron chi connectivity index (χ3n) is 4.09. The van der Waals surface area contributed by atoms with Crippen LogP contribution in [0.1, 0.15) is 33.1 Å². The summed E-state index contributed by atoms with van der Waals surface area (Å²) in [4.78, 5) is 28.0. The van der Waals surface area contributed by atoms with Crippen molar-refractivity contribution in [2.75, 3.05) is 38.5 Å². The molecule has 3 amide bonds. The first-order chi connectivity index (χ1) is 10.1. The SMILES string of the molecule is CC(C)C(=O)N1CCCN(C(=O)NC[C@@H]2CCCS2)CC1. The highest BCUT2D eigenvalue weighted by atomic mass is 32.2. The molecule has 0 saturated carbocycles. The molecule has 2 saturated heterocycles. The van der Waals surface area contributed by atoms with Crippen molar-refractivity contribution in [1.82, 2.24) is 15.1 Å². The second-order valence-electron chi connectivity index (χ2n) is 6.14. The first-order valence-corrected chi connectivity index (χ1v) is 9.06. The summed E-state index contributed by atoms with van der Waals surface area (Å²) in [5, 5.41) is 3.63. The largest absolute Gasteiger partial charge is 0.341 e. The predicted molar refractivity (Wildman–Crippen MR) is 86.5 cm³/mol. The highest BCUT2D eigenvalue weighted by molar-refractivity contribution is 8.00. The summed E-state index contributed by atoms with van der Waals surface area (Å²) >= 11 is 1.96. The van der Waals surface area contributed by atoms with E-state index in [4.69, 9.17) is 0 Å². The summed E-state index contributed by atoms with van der Waals surface area (Å²) in [5.74, 6) is 1.45. The van der Waals surface area contributed by atoms with Gasteiger partial charge in [0.25, 0.3) is 0 Å². The lowest BCUT2D eigenvalue weighted by atomic mass is 10.2. The Labute approximate surface area is 131 Å². The minimum absolute atomic E-state index is 0.0290. The van der Waals surface area contributed by atoms with Crippen LogP contribution in [0.5, 0.6) is 0 Å². The Morgan fingerprint density at radius 2 is 1.86 bits per heavy atom. The molecule has 2 aliphatic heterocycles. The summed E-state index contributed by atoms with van der Waals surface area (Å²) < 4.78 is 0. The molecule has 0 aromatic heterocycles. The first-order valence-electron chi connectivity index (χ1n) is 8.01. The van der Waals surface area contributed by atoms with E-state index >= 15 is 0 Å². The molecular formula is C15H27N3O2S. The molecule has 0 bridgehead atoms. The quantitative estimate of drug-likeness (QED) is 0.864. The lowest BCUT2D eigenvalue weighted by molar-refractivity contribution is -0.134. The van der Waals surface area contributed by atoms with Gasteiger partial charge in [0, 0.05) is 43.9 Å². The van der Waals surface area contributed by atoms with Crippen LogP contribution in [-0.2, 0) is 4.79 Å². The Bertz CT molecular complexity index is 370. The Morgan fingerprint density at radius 1 is 1.14 bits per heavy atom. The second-order valence-corrected chi connectivity index (χ2v) is 7.55. The maximum absolute atomic E-state index is 12.2. The van der Waals surface area contributed by atoms with E-state index in [0.29, 0.717) is 18.3 Å². The molecule has 0 spiro atoms. The van der Waals surface area contributed by atoms with Gasteiger partial charge in [-0.05, 0) is 25.0 Å². The molecule has 1 N–H and O–H groups in total. The summed E-state index contributed by atoms with van der Waals surface area (Å²) in [6.07, 6.45) is 3.34. The second kappa shape index (κ2) is 7.92. The van der Waals surface area contributed by atoms with Gasteiger partial charge in [0.05, 0.1) is 0 Å².